The molecule has 0 aliphatic rings. The second-order valence-electron chi connectivity index (χ2n) is 4.67. The lowest BCUT2D eigenvalue weighted by molar-refractivity contribution is 0.506. The summed E-state index contributed by atoms with van der Waals surface area (Å²) in [6.45, 7) is 1.34. The van der Waals surface area contributed by atoms with Crippen LogP contribution in [0.25, 0.3) is 0 Å². The third-order valence-electron chi connectivity index (χ3n) is 3.09. The highest BCUT2D eigenvalue weighted by Crippen LogP contribution is 2.14. The van der Waals surface area contributed by atoms with Gasteiger partial charge in [-0.15, -0.1) is 0 Å². The number of anilines is 1. The van der Waals surface area contributed by atoms with Gasteiger partial charge in [-0.1, -0.05) is 12.1 Å². The van der Waals surface area contributed by atoms with Gasteiger partial charge in [0.15, 0.2) is 0 Å². The van der Waals surface area contributed by atoms with E-state index in [0.717, 1.165) is 18.0 Å². The van der Waals surface area contributed by atoms with Gasteiger partial charge in [0.2, 0.25) is 5.76 Å². The van der Waals surface area contributed by atoms with Crippen molar-refractivity contribution in [3.8, 4) is 6.07 Å². The number of hydrogen-bond donors (Lipinski definition) is 1. The second kappa shape index (κ2) is 5.97. The molecule has 0 aliphatic carbocycles. The lowest BCUT2D eigenvalue weighted by atomic mass is 10.2. The Morgan fingerprint density at radius 2 is 2.24 bits per heavy atom. The first kappa shape index (κ1) is 13.0. The van der Waals surface area contributed by atoms with E-state index in [0.29, 0.717) is 12.3 Å². The molecular weight excluding hydrogens is 264 g/mol. The molecule has 0 bridgehead atoms. The number of hydrogen-bond acceptors (Lipinski definition) is 4. The predicted molar refractivity (Wildman–Crippen MR) is 78.5 cm³/mol. The minimum Gasteiger partial charge on any atom is -0.449 e. The van der Waals surface area contributed by atoms with Crippen LogP contribution in [0.1, 0.15) is 17.1 Å². The molecule has 0 unspecified atom stereocenters. The van der Waals surface area contributed by atoms with Crippen molar-refractivity contribution < 1.29 is 4.42 Å². The van der Waals surface area contributed by atoms with Crippen LogP contribution in [0.3, 0.4) is 0 Å². The fourth-order valence-electron chi connectivity index (χ4n) is 2.09. The Morgan fingerprint density at radius 3 is 3.00 bits per heavy atom. The summed E-state index contributed by atoms with van der Waals surface area (Å²) >= 11 is 0. The maximum Gasteiger partial charge on any atom is 0.203 e. The minimum atomic E-state index is 0.334. The Labute approximate surface area is 122 Å². The molecule has 5 nitrogen and oxygen atoms in total. The summed E-state index contributed by atoms with van der Waals surface area (Å²) < 4.78 is 7.35. The second-order valence-corrected chi connectivity index (χ2v) is 4.67. The van der Waals surface area contributed by atoms with Crippen LogP contribution in [-0.2, 0) is 13.1 Å². The highest BCUT2D eigenvalue weighted by molar-refractivity contribution is 5.46. The van der Waals surface area contributed by atoms with Gasteiger partial charge in [0.1, 0.15) is 11.8 Å². The van der Waals surface area contributed by atoms with Crippen LogP contribution in [-0.4, -0.2) is 9.55 Å². The minimum absolute atomic E-state index is 0.334. The van der Waals surface area contributed by atoms with Crippen molar-refractivity contribution in [3.05, 3.63) is 72.2 Å². The van der Waals surface area contributed by atoms with E-state index < -0.39 is 0 Å². The van der Waals surface area contributed by atoms with Crippen molar-refractivity contribution in [2.45, 2.75) is 13.1 Å². The van der Waals surface area contributed by atoms with E-state index >= 15 is 0 Å². The summed E-state index contributed by atoms with van der Waals surface area (Å²) in [5.74, 6) is 1.08. The first-order chi connectivity index (χ1) is 10.3. The smallest absolute Gasteiger partial charge is 0.203 e. The Kier molecular flexibility index (Phi) is 3.70. The number of benzene rings is 1. The molecule has 21 heavy (non-hydrogen) atoms. The molecule has 0 atom stereocenters. The molecule has 1 aromatic carbocycles. The molecule has 0 fully saturated rings. The van der Waals surface area contributed by atoms with E-state index in [2.05, 4.69) is 22.4 Å². The number of nitrogens with zero attached hydrogens (tertiary/aromatic N) is 3. The molecule has 2 aromatic heterocycles. The molecule has 0 amide bonds. The van der Waals surface area contributed by atoms with E-state index in [1.165, 1.54) is 5.56 Å². The number of rotatable bonds is 5. The van der Waals surface area contributed by atoms with E-state index in [1.807, 2.05) is 29.0 Å². The number of imidazole rings is 1. The van der Waals surface area contributed by atoms with E-state index in [1.54, 1.807) is 24.7 Å². The summed E-state index contributed by atoms with van der Waals surface area (Å²) in [4.78, 5) is 4.04. The summed E-state index contributed by atoms with van der Waals surface area (Å²) in [6, 6.07) is 13.6. The zero-order chi connectivity index (χ0) is 14.5. The molecule has 3 aromatic rings. The molecule has 5 heteroatoms. The largest absolute Gasteiger partial charge is 0.449 e. The van der Waals surface area contributed by atoms with Gasteiger partial charge >= 0.3 is 0 Å². The lowest BCUT2D eigenvalue weighted by Gasteiger charge is -2.07. The average molecular weight is 278 g/mol. The number of nitrogens with one attached hydrogen (secondary N) is 1. The third-order valence-corrected chi connectivity index (χ3v) is 3.09. The first-order valence-electron chi connectivity index (χ1n) is 6.61. The maximum atomic E-state index is 8.72. The molecule has 0 spiro atoms. The molecule has 0 saturated heterocycles. The van der Waals surface area contributed by atoms with Crippen molar-refractivity contribution in [3.63, 3.8) is 0 Å². The van der Waals surface area contributed by atoms with Gasteiger partial charge in [0.05, 0.1) is 12.9 Å². The van der Waals surface area contributed by atoms with Gasteiger partial charge in [-0.2, -0.15) is 5.26 Å². The first-order valence-corrected chi connectivity index (χ1v) is 6.61. The summed E-state index contributed by atoms with van der Waals surface area (Å²) in [6.07, 6.45) is 5.50. The Balaban J connectivity index is 1.64. The fraction of sp³-hybridized carbons (Fsp3) is 0.125. The average Bonchev–Trinajstić information content (AvgIpc) is 3.17. The van der Waals surface area contributed by atoms with Gasteiger partial charge in [-0.05, 0) is 29.8 Å². The zero-order valence-corrected chi connectivity index (χ0v) is 11.4. The van der Waals surface area contributed by atoms with Gasteiger partial charge in [0.25, 0.3) is 0 Å². The molecule has 104 valence electrons. The molecule has 0 radical (unpaired) electrons. The summed E-state index contributed by atoms with van der Waals surface area (Å²) in [5, 5.41) is 12.0. The maximum absolute atomic E-state index is 8.72. The molecule has 0 saturated carbocycles. The zero-order valence-electron chi connectivity index (χ0n) is 11.4. The van der Waals surface area contributed by atoms with Crippen LogP contribution in [0.5, 0.6) is 0 Å². The lowest BCUT2D eigenvalue weighted by Crippen LogP contribution is -2.00. The summed E-state index contributed by atoms with van der Waals surface area (Å²) in [7, 11) is 0. The number of aromatic nitrogens is 2. The molecule has 2 heterocycles. The van der Waals surface area contributed by atoms with Gasteiger partial charge in [0, 0.05) is 24.6 Å². The predicted octanol–water partition coefficient (Wildman–Crippen LogP) is 3.01. The standard InChI is InChI=1S/C16H14N4O/c17-9-15-4-5-16(21-15)10-19-14-3-1-2-13(8-14)11-20-7-6-18-12-20/h1-8,12,19H,10-11H2. The Bertz CT molecular complexity index is 753. The molecule has 3 rings (SSSR count). The van der Waals surface area contributed by atoms with E-state index in [4.69, 9.17) is 9.68 Å². The van der Waals surface area contributed by atoms with Crippen LogP contribution in [0.2, 0.25) is 0 Å². The van der Waals surface area contributed by atoms with Crippen molar-refractivity contribution in [2.75, 3.05) is 5.32 Å². The van der Waals surface area contributed by atoms with Crippen LogP contribution in [0.4, 0.5) is 5.69 Å². The van der Waals surface area contributed by atoms with Gasteiger partial charge < -0.3 is 14.3 Å². The van der Waals surface area contributed by atoms with E-state index in [9.17, 15) is 0 Å². The van der Waals surface area contributed by atoms with E-state index in [-0.39, 0.29) is 0 Å². The highest BCUT2D eigenvalue weighted by atomic mass is 16.3. The highest BCUT2D eigenvalue weighted by Gasteiger charge is 2.02. The Morgan fingerprint density at radius 1 is 1.29 bits per heavy atom. The van der Waals surface area contributed by atoms with Crippen molar-refractivity contribution in [1.29, 1.82) is 5.26 Å². The Hall–Kier alpha value is -3.00. The SMILES string of the molecule is N#Cc1ccc(CNc2cccc(Cn3ccnc3)c2)o1. The third kappa shape index (κ3) is 3.31. The van der Waals surface area contributed by atoms with Crippen LogP contribution in [0.15, 0.2) is 59.5 Å². The van der Waals surface area contributed by atoms with Gasteiger partial charge in [-0.25, -0.2) is 4.98 Å². The summed E-state index contributed by atoms with van der Waals surface area (Å²) in [5.41, 5.74) is 2.21. The van der Waals surface area contributed by atoms with Crippen LogP contribution in [0, 0.1) is 11.3 Å². The van der Waals surface area contributed by atoms with Crippen molar-refractivity contribution >= 4 is 5.69 Å². The molecule has 0 aliphatic heterocycles. The topological polar surface area (TPSA) is 66.8 Å². The molecular formula is C16H14N4O. The number of furan rings is 1. The fourth-order valence-corrected chi connectivity index (χ4v) is 2.09. The van der Waals surface area contributed by atoms with Gasteiger partial charge in [-0.3, -0.25) is 0 Å². The monoisotopic (exact) mass is 278 g/mol. The number of nitriles is 1. The van der Waals surface area contributed by atoms with Crippen molar-refractivity contribution in [2.24, 2.45) is 0 Å². The van der Waals surface area contributed by atoms with Crippen molar-refractivity contribution in [1.82, 2.24) is 9.55 Å². The molecule has 1 N–H and O–H groups in total. The normalized spacial score (nSPS) is 10.2. The van der Waals surface area contributed by atoms with Crippen LogP contribution >= 0.6 is 0 Å². The quantitative estimate of drug-likeness (QED) is 0.779. The van der Waals surface area contributed by atoms with Crippen LogP contribution < -0.4 is 5.32 Å².